The molecule has 0 radical (unpaired) electrons. The van der Waals surface area contributed by atoms with Gasteiger partial charge in [0.1, 0.15) is 0 Å². The first-order valence-corrected chi connectivity index (χ1v) is 11.2. The third-order valence-corrected chi connectivity index (χ3v) is 5.93. The molecule has 0 aromatic carbocycles. The van der Waals surface area contributed by atoms with Crippen LogP contribution in [-0.2, 0) is 0 Å². The van der Waals surface area contributed by atoms with Crippen LogP contribution < -0.4 is 0 Å². The van der Waals surface area contributed by atoms with Crippen LogP contribution in [0, 0.1) is 5.41 Å². The summed E-state index contributed by atoms with van der Waals surface area (Å²) in [7, 11) is 0. The Morgan fingerprint density at radius 1 is 0.391 bits per heavy atom. The standard InChI is InChI=1S/C23H48/c1-5-9-12-13-14-15-16-17-18-19-22-23(8-4,20-10-6-2)21-11-7-3/h5-22H2,1-4H3. The molecule has 0 amide bonds. The van der Waals surface area contributed by atoms with Crippen molar-refractivity contribution in [3.8, 4) is 0 Å². The Labute approximate surface area is 149 Å². The minimum atomic E-state index is 0.687. The van der Waals surface area contributed by atoms with Gasteiger partial charge in [0.2, 0.25) is 0 Å². The SMILES string of the molecule is CCCCCCCCCCCCC(CC)(CCCC)CCCC. The van der Waals surface area contributed by atoms with Gasteiger partial charge in [-0.3, -0.25) is 0 Å². The second-order valence-electron chi connectivity index (χ2n) is 7.99. The molecule has 0 fully saturated rings. The third kappa shape index (κ3) is 13.0. The minimum absolute atomic E-state index is 0.687. The highest BCUT2D eigenvalue weighted by atomic mass is 14.3. The monoisotopic (exact) mass is 324 g/mol. The zero-order valence-corrected chi connectivity index (χ0v) is 17.2. The zero-order chi connectivity index (χ0) is 17.2. The molecule has 0 aliphatic rings. The van der Waals surface area contributed by atoms with Gasteiger partial charge in [-0.1, -0.05) is 124 Å². The van der Waals surface area contributed by atoms with Crippen LogP contribution >= 0.6 is 0 Å². The lowest BCUT2D eigenvalue weighted by Gasteiger charge is -2.33. The van der Waals surface area contributed by atoms with E-state index in [-0.39, 0.29) is 0 Å². The highest BCUT2D eigenvalue weighted by Crippen LogP contribution is 2.39. The van der Waals surface area contributed by atoms with Crippen LogP contribution in [0.5, 0.6) is 0 Å². The molecule has 23 heavy (non-hydrogen) atoms. The number of rotatable bonds is 18. The summed E-state index contributed by atoms with van der Waals surface area (Å²) in [5, 5.41) is 0. The first-order chi connectivity index (χ1) is 11.2. The minimum Gasteiger partial charge on any atom is -0.0654 e. The number of hydrogen-bond donors (Lipinski definition) is 0. The summed E-state index contributed by atoms with van der Waals surface area (Å²) >= 11 is 0. The van der Waals surface area contributed by atoms with Crippen LogP contribution in [0.2, 0.25) is 0 Å². The molecule has 0 atom stereocenters. The van der Waals surface area contributed by atoms with Crippen LogP contribution in [-0.4, -0.2) is 0 Å². The van der Waals surface area contributed by atoms with Gasteiger partial charge < -0.3 is 0 Å². The summed E-state index contributed by atoms with van der Waals surface area (Å²) in [5.74, 6) is 0. The lowest BCUT2D eigenvalue weighted by atomic mass is 9.72. The van der Waals surface area contributed by atoms with Gasteiger partial charge in [-0.25, -0.2) is 0 Å². The summed E-state index contributed by atoms with van der Waals surface area (Å²) in [4.78, 5) is 0. The Balaban J connectivity index is 3.76. The number of unbranched alkanes of at least 4 members (excludes halogenated alkanes) is 11. The Morgan fingerprint density at radius 2 is 0.739 bits per heavy atom. The van der Waals surface area contributed by atoms with Gasteiger partial charge in [0.05, 0.1) is 0 Å². The van der Waals surface area contributed by atoms with Crippen LogP contribution in [0.25, 0.3) is 0 Å². The van der Waals surface area contributed by atoms with Crippen LogP contribution in [0.15, 0.2) is 0 Å². The van der Waals surface area contributed by atoms with Gasteiger partial charge >= 0.3 is 0 Å². The molecule has 0 saturated carbocycles. The molecule has 0 aliphatic carbocycles. The van der Waals surface area contributed by atoms with E-state index < -0.39 is 0 Å². The molecule has 0 unspecified atom stereocenters. The molecule has 0 bridgehead atoms. The normalized spacial score (nSPS) is 12.0. The fourth-order valence-corrected chi connectivity index (χ4v) is 4.00. The molecule has 0 heterocycles. The predicted octanol–water partition coefficient (Wildman–Crippen LogP) is 9.07. The van der Waals surface area contributed by atoms with Gasteiger partial charge in [-0.15, -0.1) is 0 Å². The Morgan fingerprint density at radius 3 is 1.13 bits per heavy atom. The fourth-order valence-electron chi connectivity index (χ4n) is 4.00. The van der Waals surface area contributed by atoms with Gasteiger partial charge in [-0.2, -0.15) is 0 Å². The summed E-state index contributed by atoms with van der Waals surface area (Å²) < 4.78 is 0. The highest BCUT2D eigenvalue weighted by Gasteiger charge is 2.25. The molecule has 0 rings (SSSR count). The molecule has 0 saturated heterocycles. The lowest BCUT2D eigenvalue weighted by molar-refractivity contribution is 0.189. The first-order valence-electron chi connectivity index (χ1n) is 11.2. The Hall–Kier alpha value is 0. The Bertz CT molecular complexity index is 210. The topological polar surface area (TPSA) is 0 Å². The Kier molecular flexibility index (Phi) is 16.8. The molecular weight excluding hydrogens is 276 g/mol. The summed E-state index contributed by atoms with van der Waals surface area (Å²) in [6.07, 6.45) is 26.1. The summed E-state index contributed by atoms with van der Waals surface area (Å²) in [6, 6.07) is 0. The lowest BCUT2D eigenvalue weighted by Crippen LogP contribution is -2.20. The molecule has 0 nitrogen and oxygen atoms in total. The molecule has 0 aromatic rings. The van der Waals surface area contributed by atoms with Crippen molar-refractivity contribution in [2.75, 3.05) is 0 Å². The van der Waals surface area contributed by atoms with Crippen molar-refractivity contribution < 1.29 is 0 Å². The maximum absolute atomic E-state index is 2.45. The van der Waals surface area contributed by atoms with Crippen molar-refractivity contribution in [1.29, 1.82) is 0 Å². The average Bonchev–Trinajstić information content (AvgIpc) is 2.58. The molecule has 0 N–H and O–H groups in total. The van der Waals surface area contributed by atoms with E-state index in [9.17, 15) is 0 Å². The van der Waals surface area contributed by atoms with Crippen molar-refractivity contribution in [3.63, 3.8) is 0 Å². The smallest absolute Gasteiger partial charge is 0.0300 e. The quantitative estimate of drug-likeness (QED) is 0.220. The van der Waals surface area contributed by atoms with Crippen molar-refractivity contribution in [1.82, 2.24) is 0 Å². The maximum Gasteiger partial charge on any atom is -0.0300 e. The van der Waals surface area contributed by atoms with E-state index in [2.05, 4.69) is 27.7 Å². The van der Waals surface area contributed by atoms with Crippen LogP contribution in [0.1, 0.15) is 143 Å². The van der Waals surface area contributed by atoms with Crippen molar-refractivity contribution in [2.45, 2.75) is 143 Å². The molecule has 0 heteroatoms. The first kappa shape index (κ1) is 23.0. The van der Waals surface area contributed by atoms with Gasteiger partial charge in [0.25, 0.3) is 0 Å². The van der Waals surface area contributed by atoms with Gasteiger partial charge in [0, 0.05) is 0 Å². The highest BCUT2D eigenvalue weighted by molar-refractivity contribution is 4.78. The second kappa shape index (κ2) is 16.8. The zero-order valence-electron chi connectivity index (χ0n) is 17.2. The predicted molar refractivity (Wildman–Crippen MR) is 108 cm³/mol. The molecule has 0 aromatic heterocycles. The van der Waals surface area contributed by atoms with Crippen LogP contribution in [0.3, 0.4) is 0 Å². The molecular formula is C23H48. The summed E-state index contributed by atoms with van der Waals surface area (Å²) in [5.41, 5.74) is 0.687. The van der Waals surface area contributed by atoms with Crippen molar-refractivity contribution >= 4 is 0 Å². The van der Waals surface area contributed by atoms with Crippen LogP contribution in [0.4, 0.5) is 0 Å². The van der Waals surface area contributed by atoms with E-state index in [1.807, 2.05) is 0 Å². The maximum atomic E-state index is 2.45. The number of hydrogen-bond acceptors (Lipinski definition) is 0. The largest absolute Gasteiger partial charge is 0.0654 e. The third-order valence-electron chi connectivity index (χ3n) is 5.93. The molecule has 140 valence electrons. The molecule has 0 aliphatic heterocycles. The van der Waals surface area contributed by atoms with E-state index in [1.54, 1.807) is 0 Å². The van der Waals surface area contributed by atoms with Gasteiger partial charge in [0.15, 0.2) is 0 Å². The average molecular weight is 325 g/mol. The van der Waals surface area contributed by atoms with Crippen molar-refractivity contribution in [3.05, 3.63) is 0 Å². The molecule has 0 spiro atoms. The van der Waals surface area contributed by atoms with E-state index in [4.69, 9.17) is 0 Å². The van der Waals surface area contributed by atoms with Crippen molar-refractivity contribution in [2.24, 2.45) is 5.41 Å². The van der Waals surface area contributed by atoms with E-state index in [0.29, 0.717) is 5.41 Å². The second-order valence-corrected chi connectivity index (χ2v) is 7.99. The summed E-state index contributed by atoms with van der Waals surface area (Å²) in [6.45, 7) is 9.44. The van der Waals surface area contributed by atoms with E-state index in [1.165, 1.54) is 116 Å². The fraction of sp³-hybridized carbons (Fsp3) is 1.00. The van der Waals surface area contributed by atoms with E-state index in [0.717, 1.165) is 0 Å². The van der Waals surface area contributed by atoms with Gasteiger partial charge in [-0.05, 0) is 24.7 Å². The van der Waals surface area contributed by atoms with E-state index >= 15 is 0 Å².